The summed E-state index contributed by atoms with van der Waals surface area (Å²) in [6, 6.07) is 11.1. The van der Waals surface area contributed by atoms with E-state index in [4.69, 9.17) is 4.42 Å². The van der Waals surface area contributed by atoms with Crippen molar-refractivity contribution in [1.82, 2.24) is 19.1 Å². The Hall–Kier alpha value is -3.35. The van der Waals surface area contributed by atoms with E-state index in [9.17, 15) is 9.59 Å². The molecule has 0 spiro atoms. The fourth-order valence-electron chi connectivity index (χ4n) is 4.08. The van der Waals surface area contributed by atoms with Crippen molar-refractivity contribution in [1.29, 1.82) is 0 Å². The van der Waals surface area contributed by atoms with E-state index in [0.29, 0.717) is 30.6 Å². The highest BCUT2D eigenvalue weighted by atomic mass is 16.3. The number of furan rings is 1. The van der Waals surface area contributed by atoms with Crippen molar-refractivity contribution in [3.63, 3.8) is 0 Å². The van der Waals surface area contributed by atoms with Crippen LogP contribution in [0.2, 0.25) is 0 Å². The molecular weight excluding hydrogens is 356 g/mol. The van der Waals surface area contributed by atoms with Crippen molar-refractivity contribution in [3.05, 3.63) is 70.5 Å². The van der Waals surface area contributed by atoms with Gasteiger partial charge >= 0.3 is 0 Å². The van der Waals surface area contributed by atoms with E-state index in [0.717, 1.165) is 11.9 Å². The Labute approximate surface area is 160 Å². The van der Waals surface area contributed by atoms with Crippen LogP contribution in [0.4, 0.5) is 0 Å². The Morgan fingerprint density at radius 2 is 2.04 bits per heavy atom. The molecule has 3 aromatic heterocycles. The lowest BCUT2D eigenvalue weighted by molar-refractivity contribution is -0.136. The highest BCUT2D eigenvalue weighted by molar-refractivity contribution is 5.83. The van der Waals surface area contributed by atoms with Gasteiger partial charge in [0.05, 0.1) is 11.8 Å². The first-order chi connectivity index (χ1) is 13.7. The number of amides is 1. The van der Waals surface area contributed by atoms with Crippen molar-refractivity contribution >= 4 is 22.5 Å². The van der Waals surface area contributed by atoms with E-state index in [-0.39, 0.29) is 11.5 Å². The van der Waals surface area contributed by atoms with Gasteiger partial charge in [-0.1, -0.05) is 31.2 Å². The first kappa shape index (κ1) is 16.8. The largest absolute Gasteiger partial charge is 0.463 e. The average Bonchev–Trinajstić information content (AvgIpc) is 3.32. The minimum absolute atomic E-state index is 0.0637. The molecule has 0 N–H and O–H groups in total. The molecule has 28 heavy (non-hydrogen) atoms. The minimum Gasteiger partial charge on any atom is -0.463 e. The molecule has 0 saturated heterocycles. The maximum absolute atomic E-state index is 13.3. The fourth-order valence-corrected chi connectivity index (χ4v) is 4.08. The lowest BCUT2D eigenvalue weighted by Crippen LogP contribution is -2.43. The van der Waals surface area contributed by atoms with Crippen molar-refractivity contribution in [2.45, 2.75) is 32.4 Å². The maximum atomic E-state index is 13.3. The van der Waals surface area contributed by atoms with Crippen LogP contribution in [0.25, 0.3) is 16.6 Å². The van der Waals surface area contributed by atoms with Gasteiger partial charge in [-0.3, -0.25) is 14.0 Å². The van der Waals surface area contributed by atoms with Crippen LogP contribution >= 0.6 is 0 Å². The number of nitrogens with zero attached hydrogens (tertiary/aromatic N) is 4. The summed E-state index contributed by atoms with van der Waals surface area (Å²) in [5.41, 5.74) is 4.04. The molecule has 0 radical (unpaired) electrons. The van der Waals surface area contributed by atoms with E-state index >= 15 is 0 Å². The Balaban J connectivity index is 1.51. The molecule has 0 fully saturated rings. The van der Waals surface area contributed by atoms with Gasteiger partial charge in [-0.15, -0.1) is 0 Å². The normalized spacial score (nSPS) is 15.1. The van der Waals surface area contributed by atoms with Gasteiger partial charge in [-0.2, -0.15) is 5.10 Å². The molecule has 0 saturated carbocycles. The molecule has 1 aromatic carbocycles. The van der Waals surface area contributed by atoms with Crippen molar-refractivity contribution in [2.24, 2.45) is 0 Å². The van der Waals surface area contributed by atoms with Crippen molar-refractivity contribution < 1.29 is 9.21 Å². The van der Waals surface area contributed by atoms with Gasteiger partial charge in [0.15, 0.2) is 5.58 Å². The third-order valence-corrected chi connectivity index (χ3v) is 5.59. The van der Waals surface area contributed by atoms with Crippen LogP contribution in [-0.4, -0.2) is 31.5 Å². The first-order valence-electron chi connectivity index (χ1n) is 9.49. The zero-order chi connectivity index (χ0) is 19.3. The number of carbonyl (C=O) groups is 1. The summed E-state index contributed by atoms with van der Waals surface area (Å²) >= 11 is 0. The van der Waals surface area contributed by atoms with E-state index < -0.39 is 6.04 Å². The predicted octanol–water partition coefficient (Wildman–Crippen LogP) is 2.78. The Bertz CT molecular complexity index is 1250. The molecule has 1 aliphatic rings. The van der Waals surface area contributed by atoms with E-state index in [1.807, 2.05) is 24.0 Å². The topological polar surface area (TPSA) is 72.8 Å². The highest BCUT2D eigenvalue weighted by Crippen LogP contribution is 2.23. The lowest BCUT2D eigenvalue weighted by Gasteiger charge is -2.31. The standard InChI is InChI=1S/C21H20N4O3/c1-2-16(20(26)23-9-7-14-5-3-4-6-15(14)12-23)25-21(27)18-11-19-17(8-10-28-19)24(18)13-22-25/h3-6,8,10-11,13,16H,2,7,9,12H2,1H3/t16-/m1/s1. The van der Waals surface area contributed by atoms with Crippen LogP contribution in [0, 0.1) is 0 Å². The van der Waals surface area contributed by atoms with E-state index in [2.05, 4.69) is 17.2 Å². The van der Waals surface area contributed by atoms with E-state index in [1.165, 1.54) is 15.8 Å². The summed E-state index contributed by atoms with van der Waals surface area (Å²) in [5.74, 6) is -0.0637. The third-order valence-electron chi connectivity index (χ3n) is 5.59. The fraction of sp³-hybridized carbons (Fsp3) is 0.286. The molecule has 4 heterocycles. The molecule has 1 aliphatic heterocycles. The average molecular weight is 376 g/mol. The van der Waals surface area contributed by atoms with Crippen molar-refractivity contribution in [3.8, 4) is 0 Å². The maximum Gasteiger partial charge on any atom is 0.291 e. The summed E-state index contributed by atoms with van der Waals surface area (Å²) < 4.78 is 8.41. The third kappa shape index (κ3) is 2.46. The predicted molar refractivity (Wildman–Crippen MR) is 104 cm³/mol. The van der Waals surface area contributed by atoms with Crippen LogP contribution in [-0.2, 0) is 17.8 Å². The number of carbonyl (C=O) groups excluding carboxylic acids is 1. The number of benzene rings is 1. The van der Waals surface area contributed by atoms with Gasteiger partial charge in [0.25, 0.3) is 5.56 Å². The molecule has 5 rings (SSSR count). The summed E-state index contributed by atoms with van der Waals surface area (Å²) in [6.45, 7) is 3.13. The van der Waals surface area contributed by atoms with Crippen LogP contribution in [0.5, 0.6) is 0 Å². The zero-order valence-electron chi connectivity index (χ0n) is 15.5. The smallest absolute Gasteiger partial charge is 0.291 e. The molecule has 7 heteroatoms. The second kappa shape index (κ2) is 6.37. The second-order valence-electron chi connectivity index (χ2n) is 7.15. The number of fused-ring (bicyclic) bond motifs is 4. The van der Waals surface area contributed by atoms with Crippen LogP contribution in [0.15, 0.2) is 58.2 Å². The number of rotatable bonds is 3. The lowest BCUT2D eigenvalue weighted by atomic mass is 9.99. The van der Waals surface area contributed by atoms with Crippen LogP contribution in [0.3, 0.4) is 0 Å². The quantitative estimate of drug-likeness (QED) is 0.551. The molecular formula is C21H20N4O3. The minimum atomic E-state index is -0.621. The first-order valence-corrected chi connectivity index (χ1v) is 9.49. The van der Waals surface area contributed by atoms with Gasteiger partial charge in [0, 0.05) is 25.2 Å². The van der Waals surface area contributed by atoms with Crippen LogP contribution in [0.1, 0.15) is 30.5 Å². The zero-order valence-corrected chi connectivity index (χ0v) is 15.5. The summed E-state index contributed by atoms with van der Waals surface area (Å²) in [6.07, 6.45) is 4.48. The molecule has 1 atom stereocenters. The molecule has 1 amide bonds. The Morgan fingerprint density at radius 3 is 2.86 bits per heavy atom. The van der Waals surface area contributed by atoms with Crippen molar-refractivity contribution in [2.75, 3.05) is 6.54 Å². The molecule has 0 aliphatic carbocycles. The number of aromatic nitrogens is 3. The van der Waals surface area contributed by atoms with Gasteiger partial charge in [0.1, 0.15) is 17.9 Å². The van der Waals surface area contributed by atoms with Gasteiger partial charge in [-0.05, 0) is 24.0 Å². The molecule has 0 unspecified atom stereocenters. The Morgan fingerprint density at radius 1 is 1.21 bits per heavy atom. The van der Waals surface area contributed by atoms with E-state index in [1.54, 1.807) is 29.1 Å². The van der Waals surface area contributed by atoms with Gasteiger partial charge in [-0.25, -0.2) is 4.68 Å². The summed E-state index contributed by atoms with van der Waals surface area (Å²) in [7, 11) is 0. The number of hydrogen-bond donors (Lipinski definition) is 0. The monoisotopic (exact) mass is 376 g/mol. The molecule has 142 valence electrons. The molecule has 7 nitrogen and oxygen atoms in total. The molecule has 0 bridgehead atoms. The highest BCUT2D eigenvalue weighted by Gasteiger charge is 2.29. The second-order valence-corrected chi connectivity index (χ2v) is 7.15. The SMILES string of the molecule is CC[C@H](C(=O)N1CCc2ccccc2C1)n1ncn2c(cc3occc32)c1=O. The summed E-state index contributed by atoms with van der Waals surface area (Å²) in [5, 5.41) is 4.32. The summed E-state index contributed by atoms with van der Waals surface area (Å²) in [4.78, 5) is 28.1. The Kier molecular flexibility index (Phi) is 3.82. The van der Waals surface area contributed by atoms with Gasteiger partial charge < -0.3 is 9.32 Å². The van der Waals surface area contributed by atoms with Gasteiger partial charge in [0.2, 0.25) is 5.91 Å². The molecule has 4 aromatic rings. The number of hydrogen-bond acceptors (Lipinski definition) is 4. The van der Waals surface area contributed by atoms with Crippen LogP contribution < -0.4 is 5.56 Å².